The van der Waals surface area contributed by atoms with Crippen molar-refractivity contribution in [2.24, 2.45) is 0 Å². The first kappa shape index (κ1) is 18.0. The molecule has 0 bridgehead atoms. The summed E-state index contributed by atoms with van der Waals surface area (Å²) >= 11 is 0. The number of ether oxygens (including phenoxy) is 2. The van der Waals surface area contributed by atoms with E-state index in [-0.39, 0.29) is 10.6 Å². The van der Waals surface area contributed by atoms with Crippen LogP contribution >= 0.6 is 0 Å². The summed E-state index contributed by atoms with van der Waals surface area (Å²) in [6.07, 6.45) is -1.32. The minimum Gasteiger partial charge on any atom is -0.497 e. The Labute approximate surface area is 149 Å². The van der Waals surface area contributed by atoms with Gasteiger partial charge in [0.2, 0.25) is 10.0 Å². The van der Waals surface area contributed by atoms with E-state index >= 15 is 0 Å². The highest BCUT2D eigenvalue weighted by atomic mass is 32.2. The third kappa shape index (κ3) is 3.41. The molecule has 0 spiro atoms. The lowest BCUT2D eigenvalue weighted by molar-refractivity contribution is -0.117. The number of hydrogen-bond acceptors (Lipinski definition) is 6. The van der Waals surface area contributed by atoms with E-state index in [0.717, 1.165) is 18.2 Å². The van der Waals surface area contributed by atoms with E-state index in [1.807, 2.05) is 0 Å². The first-order valence-corrected chi connectivity index (χ1v) is 8.93. The maximum absolute atomic E-state index is 13.4. The maximum Gasteiger partial charge on any atom is 0.263 e. The molecule has 0 fully saturated rings. The monoisotopic (exact) mass is 381 g/mol. The lowest BCUT2D eigenvalue weighted by Gasteiger charge is -2.27. The zero-order valence-corrected chi connectivity index (χ0v) is 14.7. The Balaban J connectivity index is 1.86. The summed E-state index contributed by atoms with van der Waals surface area (Å²) < 4.78 is 50.4. The minimum absolute atomic E-state index is 0.00518. The van der Waals surface area contributed by atoms with Gasteiger partial charge in [-0.15, -0.1) is 0 Å². The molecule has 0 radical (unpaired) electrons. The van der Waals surface area contributed by atoms with Crippen LogP contribution in [0.5, 0.6) is 11.5 Å². The molecule has 3 N–H and O–H groups in total. The van der Waals surface area contributed by atoms with Crippen LogP contribution in [0.25, 0.3) is 0 Å². The molecule has 0 saturated carbocycles. The second-order valence-corrected chi connectivity index (χ2v) is 7.08. The number of carbonyl (C=O) groups excluding carboxylic acids is 1. The predicted molar refractivity (Wildman–Crippen MR) is 92.3 cm³/mol. The van der Waals surface area contributed by atoms with Gasteiger partial charge in [-0.2, -0.15) is 4.72 Å². The number of carbonyl (C=O) groups is 1. The van der Waals surface area contributed by atoms with Gasteiger partial charge in [0.05, 0.1) is 25.6 Å². The highest BCUT2D eigenvalue weighted by Crippen LogP contribution is 2.30. The molecule has 0 saturated heterocycles. The van der Waals surface area contributed by atoms with Crippen molar-refractivity contribution in [2.75, 3.05) is 24.9 Å². The number of sulfonamides is 1. The molecule has 138 valence electrons. The van der Waals surface area contributed by atoms with E-state index in [2.05, 4.69) is 15.4 Å². The van der Waals surface area contributed by atoms with E-state index in [9.17, 15) is 17.6 Å². The largest absolute Gasteiger partial charge is 0.497 e. The van der Waals surface area contributed by atoms with Crippen LogP contribution in [0.15, 0.2) is 41.3 Å². The molecule has 1 aliphatic rings. The van der Waals surface area contributed by atoms with Crippen LogP contribution in [0, 0.1) is 5.82 Å². The number of rotatable bonds is 4. The lowest BCUT2D eigenvalue weighted by Crippen LogP contribution is -2.51. The molecule has 1 unspecified atom stereocenters. The summed E-state index contributed by atoms with van der Waals surface area (Å²) in [7, 11) is -1.05. The van der Waals surface area contributed by atoms with Gasteiger partial charge in [0.1, 0.15) is 22.2 Å². The average molecular weight is 381 g/mol. The van der Waals surface area contributed by atoms with E-state index in [4.69, 9.17) is 9.47 Å². The number of nitrogens with one attached hydrogen (secondary N) is 3. The zero-order valence-electron chi connectivity index (χ0n) is 13.9. The quantitative estimate of drug-likeness (QED) is 0.741. The molecule has 3 rings (SSSR count). The number of halogens is 1. The van der Waals surface area contributed by atoms with Crippen LogP contribution in [0.1, 0.15) is 0 Å². The van der Waals surface area contributed by atoms with Gasteiger partial charge < -0.3 is 20.1 Å². The van der Waals surface area contributed by atoms with E-state index in [1.165, 1.54) is 14.2 Å². The third-order valence-electron chi connectivity index (χ3n) is 3.73. The van der Waals surface area contributed by atoms with Crippen molar-refractivity contribution in [1.29, 1.82) is 0 Å². The summed E-state index contributed by atoms with van der Waals surface area (Å²) in [6, 6.07) is 7.91. The van der Waals surface area contributed by atoms with Crippen molar-refractivity contribution in [3.63, 3.8) is 0 Å². The number of amides is 1. The minimum atomic E-state index is -3.96. The fourth-order valence-corrected chi connectivity index (χ4v) is 3.74. The Kier molecular flexibility index (Phi) is 4.70. The van der Waals surface area contributed by atoms with Crippen LogP contribution in [-0.2, 0) is 14.8 Å². The number of fused-ring (bicyclic) bond motifs is 1. The highest BCUT2D eigenvalue weighted by molar-refractivity contribution is 7.89. The molecule has 1 amide bonds. The molecule has 1 aliphatic heterocycles. The Morgan fingerprint density at radius 2 is 1.92 bits per heavy atom. The van der Waals surface area contributed by atoms with Gasteiger partial charge in [-0.3, -0.25) is 4.79 Å². The smallest absolute Gasteiger partial charge is 0.263 e. The Hall–Kier alpha value is -2.85. The summed E-state index contributed by atoms with van der Waals surface area (Å²) in [6.45, 7) is 0. The molecule has 1 heterocycles. The topological polar surface area (TPSA) is 106 Å². The molecule has 1 atom stereocenters. The van der Waals surface area contributed by atoms with Gasteiger partial charge in [-0.05, 0) is 30.3 Å². The molecule has 10 heteroatoms. The number of anilines is 2. The molecule has 2 aromatic carbocycles. The van der Waals surface area contributed by atoms with Crippen molar-refractivity contribution in [3.05, 3.63) is 42.2 Å². The van der Waals surface area contributed by atoms with Crippen LogP contribution < -0.4 is 24.8 Å². The van der Waals surface area contributed by atoms with Gasteiger partial charge in [0.25, 0.3) is 5.91 Å². The second kappa shape index (κ2) is 6.81. The zero-order chi connectivity index (χ0) is 18.9. The standard InChI is InChI=1S/C16H16FN3O5S/c1-24-10-4-5-11(13(8-10)25-2)19-16(21)15-18-12-7-9(17)3-6-14(12)26(22,23)20-15/h3-8,15,18,20H,1-2H3,(H,19,21). The molecule has 0 aliphatic carbocycles. The number of hydrogen-bond donors (Lipinski definition) is 3. The van der Waals surface area contributed by atoms with Gasteiger partial charge in [0, 0.05) is 6.07 Å². The van der Waals surface area contributed by atoms with Gasteiger partial charge >= 0.3 is 0 Å². The van der Waals surface area contributed by atoms with Crippen molar-refractivity contribution >= 4 is 27.3 Å². The molecular weight excluding hydrogens is 365 g/mol. The van der Waals surface area contributed by atoms with Crippen molar-refractivity contribution in [1.82, 2.24) is 4.72 Å². The SMILES string of the molecule is COc1ccc(NC(=O)C2Nc3cc(F)ccc3S(=O)(=O)N2)c(OC)c1. The summed E-state index contributed by atoms with van der Waals surface area (Å²) in [5.74, 6) is -0.445. The molecule has 26 heavy (non-hydrogen) atoms. The van der Waals surface area contributed by atoms with E-state index in [1.54, 1.807) is 18.2 Å². The van der Waals surface area contributed by atoms with Crippen LogP contribution in [0.4, 0.5) is 15.8 Å². The number of benzene rings is 2. The van der Waals surface area contributed by atoms with Crippen molar-refractivity contribution in [3.8, 4) is 11.5 Å². The fourth-order valence-electron chi connectivity index (χ4n) is 2.48. The van der Waals surface area contributed by atoms with Gasteiger partial charge in [0.15, 0.2) is 6.17 Å². The van der Waals surface area contributed by atoms with Crippen LogP contribution in [0.3, 0.4) is 0 Å². The summed E-state index contributed by atoms with van der Waals surface area (Å²) in [5, 5.41) is 5.23. The van der Waals surface area contributed by atoms with Crippen LogP contribution in [0.2, 0.25) is 0 Å². The highest BCUT2D eigenvalue weighted by Gasteiger charge is 2.33. The van der Waals surface area contributed by atoms with Gasteiger partial charge in [-0.25, -0.2) is 12.8 Å². The Bertz CT molecular complexity index is 964. The van der Waals surface area contributed by atoms with Crippen molar-refractivity contribution in [2.45, 2.75) is 11.1 Å². The van der Waals surface area contributed by atoms with Gasteiger partial charge in [-0.1, -0.05) is 0 Å². The summed E-state index contributed by atoms with van der Waals surface area (Å²) in [5.41, 5.74) is 0.329. The predicted octanol–water partition coefficient (Wildman–Crippen LogP) is 1.51. The maximum atomic E-state index is 13.4. The van der Waals surface area contributed by atoms with Crippen LogP contribution in [-0.4, -0.2) is 34.7 Å². The lowest BCUT2D eigenvalue weighted by atomic mass is 10.2. The Morgan fingerprint density at radius 3 is 2.62 bits per heavy atom. The Morgan fingerprint density at radius 1 is 1.15 bits per heavy atom. The van der Waals surface area contributed by atoms with Crippen molar-refractivity contribution < 1.29 is 27.1 Å². The normalized spacial score (nSPS) is 17.6. The number of methoxy groups -OCH3 is 2. The third-order valence-corrected chi connectivity index (χ3v) is 5.21. The molecule has 0 aromatic heterocycles. The van der Waals surface area contributed by atoms with E-state index in [0.29, 0.717) is 17.2 Å². The van der Waals surface area contributed by atoms with E-state index < -0.39 is 27.9 Å². The first-order chi connectivity index (χ1) is 12.3. The fraction of sp³-hybridized carbons (Fsp3) is 0.188. The second-order valence-electron chi connectivity index (χ2n) is 5.39. The molecular formula is C16H16FN3O5S. The summed E-state index contributed by atoms with van der Waals surface area (Å²) in [4.78, 5) is 12.4. The average Bonchev–Trinajstić information content (AvgIpc) is 2.60. The molecule has 2 aromatic rings. The molecule has 8 nitrogen and oxygen atoms in total. The first-order valence-electron chi connectivity index (χ1n) is 7.45.